The van der Waals surface area contributed by atoms with Crippen molar-refractivity contribution in [3.8, 4) is 11.5 Å². The van der Waals surface area contributed by atoms with Gasteiger partial charge >= 0.3 is 0 Å². The van der Waals surface area contributed by atoms with E-state index in [0.29, 0.717) is 13.1 Å². The van der Waals surface area contributed by atoms with E-state index < -0.39 is 12.2 Å². The molecule has 0 radical (unpaired) electrons. The average Bonchev–Trinajstić information content (AvgIpc) is 2.56. The van der Waals surface area contributed by atoms with Crippen molar-refractivity contribution in [2.75, 3.05) is 26.3 Å². The van der Waals surface area contributed by atoms with Crippen LogP contribution in [-0.4, -0.2) is 48.7 Å². The van der Waals surface area contributed by atoms with Gasteiger partial charge in [0.2, 0.25) is 0 Å². The van der Waals surface area contributed by atoms with Crippen LogP contribution in [0.5, 0.6) is 11.5 Å². The van der Waals surface area contributed by atoms with Gasteiger partial charge in [-0.3, -0.25) is 0 Å². The standard InChI is InChI=1S/C22H31NO4.ClH/c1-15-5-16(2)8-21(7-15)26-13-19(24)11-23-12-20(25)14-27-22-9-17(3)6-18(4)10-22;/h5-10,19-20,23-25H,11-14H2,1-4H3;1H. The van der Waals surface area contributed by atoms with Crippen LogP contribution in [0.2, 0.25) is 0 Å². The molecule has 156 valence electrons. The first-order chi connectivity index (χ1) is 12.8. The number of hydrogen-bond donors (Lipinski definition) is 3. The number of benzene rings is 2. The quantitative estimate of drug-likeness (QED) is 0.562. The Balaban J connectivity index is 0.00000392. The molecule has 0 bridgehead atoms. The van der Waals surface area contributed by atoms with Crippen molar-refractivity contribution in [2.45, 2.75) is 39.9 Å². The number of ether oxygens (including phenoxy) is 2. The molecule has 0 fully saturated rings. The second kappa shape index (κ2) is 11.9. The summed E-state index contributed by atoms with van der Waals surface area (Å²) in [5.41, 5.74) is 4.52. The number of nitrogens with one attached hydrogen (secondary N) is 1. The molecule has 0 saturated carbocycles. The van der Waals surface area contributed by atoms with Gasteiger partial charge in [0.1, 0.15) is 36.9 Å². The molecule has 0 saturated heterocycles. The molecule has 0 aromatic heterocycles. The molecule has 0 heterocycles. The van der Waals surface area contributed by atoms with E-state index in [1.165, 1.54) is 0 Å². The molecule has 2 rings (SSSR count). The summed E-state index contributed by atoms with van der Waals surface area (Å²) in [6, 6.07) is 11.9. The maximum atomic E-state index is 10.0. The maximum absolute atomic E-state index is 10.0. The third-order valence-corrected chi connectivity index (χ3v) is 4.04. The molecule has 0 spiro atoms. The lowest BCUT2D eigenvalue weighted by Gasteiger charge is -2.17. The first-order valence-electron chi connectivity index (χ1n) is 9.31. The van der Waals surface area contributed by atoms with E-state index in [2.05, 4.69) is 17.4 Å². The Morgan fingerprint density at radius 1 is 0.679 bits per heavy atom. The molecular weight excluding hydrogens is 378 g/mol. The van der Waals surface area contributed by atoms with E-state index >= 15 is 0 Å². The van der Waals surface area contributed by atoms with E-state index in [0.717, 1.165) is 33.8 Å². The topological polar surface area (TPSA) is 71.0 Å². The van der Waals surface area contributed by atoms with Gasteiger partial charge < -0.3 is 25.0 Å². The SMILES string of the molecule is Cc1cc(C)cc(OCC(O)CNCC(O)COc2cc(C)cc(C)c2)c1.Cl. The highest BCUT2D eigenvalue weighted by molar-refractivity contribution is 5.85. The van der Waals surface area contributed by atoms with E-state index in [1.807, 2.05) is 52.0 Å². The van der Waals surface area contributed by atoms with Gasteiger partial charge in [-0.2, -0.15) is 0 Å². The Kier molecular flexibility index (Phi) is 10.3. The predicted molar refractivity (Wildman–Crippen MR) is 115 cm³/mol. The molecule has 0 aliphatic rings. The molecule has 6 heteroatoms. The Morgan fingerprint density at radius 2 is 1.00 bits per heavy atom. The lowest BCUT2D eigenvalue weighted by molar-refractivity contribution is 0.0857. The van der Waals surface area contributed by atoms with Crippen molar-refractivity contribution in [2.24, 2.45) is 0 Å². The molecular formula is C22H32ClNO4. The number of aryl methyl sites for hydroxylation is 4. The van der Waals surface area contributed by atoms with Crippen molar-refractivity contribution in [1.29, 1.82) is 0 Å². The zero-order valence-electron chi connectivity index (χ0n) is 17.1. The van der Waals surface area contributed by atoms with Gasteiger partial charge in [0, 0.05) is 13.1 Å². The van der Waals surface area contributed by atoms with Crippen molar-refractivity contribution in [1.82, 2.24) is 5.32 Å². The number of hydrogen-bond acceptors (Lipinski definition) is 5. The summed E-state index contributed by atoms with van der Waals surface area (Å²) in [5, 5.41) is 23.1. The number of aliphatic hydroxyl groups is 2. The minimum atomic E-state index is -0.654. The number of rotatable bonds is 10. The molecule has 0 aliphatic heterocycles. The molecule has 28 heavy (non-hydrogen) atoms. The largest absolute Gasteiger partial charge is 0.491 e. The summed E-state index contributed by atoms with van der Waals surface area (Å²) in [6.45, 7) is 9.13. The van der Waals surface area contributed by atoms with Crippen LogP contribution in [-0.2, 0) is 0 Å². The summed E-state index contributed by atoms with van der Waals surface area (Å²) >= 11 is 0. The average molecular weight is 410 g/mol. The van der Waals surface area contributed by atoms with Crippen LogP contribution in [0.15, 0.2) is 36.4 Å². The van der Waals surface area contributed by atoms with Gasteiger partial charge in [-0.15, -0.1) is 12.4 Å². The van der Waals surface area contributed by atoms with Gasteiger partial charge in [-0.1, -0.05) is 12.1 Å². The monoisotopic (exact) mass is 409 g/mol. The molecule has 2 aromatic carbocycles. The molecule has 5 nitrogen and oxygen atoms in total. The Hall–Kier alpha value is -1.79. The van der Waals surface area contributed by atoms with Crippen molar-refractivity contribution >= 4 is 12.4 Å². The summed E-state index contributed by atoms with van der Waals surface area (Å²) in [6.07, 6.45) is -1.31. The first kappa shape index (κ1) is 24.2. The second-order valence-corrected chi connectivity index (χ2v) is 7.23. The lowest BCUT2D eigenvalue weighted by Crippen LogP contribution is -2.37. The molecule has 2 atom stereocenters. The Bertz CT molecular complexity index is 636. The summed E-state index contributed by atoms with van der Waals surface area (Å²) in [4.78, 5) is 0. The highest BCUT2D eigenvalue weighted by Crippen LogP contribution is 2.17. The predicted octanol–water partition coefficient (Wildman–Crippen LogP) is 3.11. The molecule has 3 N–H and O–H groups in total. The number of aliphatic hydroxyl groups excluding tert-OH is 2. The smallest absolute Gasteiger partial charge is 0.119 e. The Labute approximate surface area is 174 Å². The highest BCUT2D eigenvalue weighted by atomic mass is 35.5. The van der Waals surface area contributed by atoms with E-state index in [-0.39, 0.29) is 25.6 Å². The molecule has 0 aliphatic carbocycles. The fraction of sp³-hybridized carbons (Fsp3) is 0.455. The van der Waals surface area contributed by atoms with Gasteiger partial charge in [0.05, 0.1) is 0 Å². The van der Waals surface area contributed by atoms with Gasteiger partial charge in [-0.25, -0.2) is 0 Å². The fourth-order valence-electron chi connectivity index (χ4n) is 2.95. The molecule has 2 unspecified atom stereocenters. The van der Waals surface area contributed by atoms with Gasteiger partial charge in [0.25, 0.3) is 0 Å². The third-order valence-electron chi connectivity index (χ3n) is 4.04. The normalized spacial score (nSPS) is 12.8. The fourth-order valence-corrected chi connectivity index (χ4v) is 2.95. The van der Waals surface area contributed by atoms with Crippen LogP contribution in [0.1, 0.15) is 22.3 Å². The van der Waals surface area contributed by atoms with E-state index in [9.17, 15) is 10.2 Å². The lowest BCUT2D eigenvalue weighted by atomic mass is 10.1. The molecule has 0 amide bonds. The van der Waals surface area contributed by atoms with Crippen LogP contribution in [0.25, 0.3) is 0 Å². The van der Waals surface area contributed by atoms with Gasteiger partial charge in [-0.05, 0) is 74.2 Å². The maximum Gasteiger partial charge on any atom is 0.119 e. The Morgan fingerprint density at radius 3 is 1.32 bits per heavy atom. The van der Waals surface area contributed by atoms with Crippen molar-refractivity contribution in [3.05, 3.63) is 58.7 Å². The third kappa shape index (κ3) is 8.93. The van der Waals surface area contributed by atoms with Crippen LogP contribution >= 0.6 is 12.4 Å². The minimum Gasteiger partial charge on any atom is -0.491 e. The summed E-state index contributed by atoms with van der Waals surface area (Å²) < 4.78 is 11.3. The highest BCUT2D eigenvalue weighted by Gasteiger charge is 2.09. The van der Waals surface area contributed by atoms with Crippen LogP contribution in [0.3, 0.4) is 0 Å². The first-order valence-corrected chi connectivity index (χ1v) is 9.31. The second-order valence-electron chi connectivity index (χ2n) is 7.23. The zero-order valence-corrected chi connectivity index (χ0v) is 17.9. The van der Waals surface area contributed by atoms with Crippen molar-refractivity contribution in [3.63, 3.8) is 0 Å². The minimum absolute atomic E-state index is 0. The molecule has 2 aromatic rings. The summed E-state index contributed by atoms with van der Waals surface area (Å²) in [7, 11) is 0. The zero-order chi connectivity index (χ0) is 19.8. The van der Waals surface area contributed by atoms with E-state index in [4.69, 9.17) is 9.47 Å². The number of halogens is 1. The van der Waals surface area contributed by atoms with Crippen LogP contribution in [0.4, 0.5) is 0 Å². The van der Waals surface area contributed by atoms with Crippen LogP contribution < -0.4 is 14.8 Å². The van der Waals surface area contributed by atoms with Gasteiger partial charge in [0.15, 0.2) is 0 Å². The summed E-state index contributed by atoms with van der Waals surface area (Å²) in [5.74, 6) is 1.52. The van der Waals surface area contributed by atoms with Crippen molar-refractivity contribution < 1.29 is 19.7 Å². The van der Waals surface area contributed by atoms with Crippen LogP contribution in [0, 0.1) is 27.7 Å². The van der Waals surface area contributed by atoms with E-state index in [1.54, 1.807) is 0 Å².